The number of carbonyl (C=O) groups excluding carboxylic acids is 2. The van der Waals surface area contributed by atoms with Crippen molar-refractivity contribution in [2.24, 2.45) is 0 Å². The third-order valence-corrected chi connectivity index (χ3v) is 5.04. The normalized spacial score (nSPS) is 16.7. The molecule has 1 atom stereocenters. The lowest BCUT2D eigenvalue weighted by Gasteiger charge is -2.33. The van der Waals surface area contributed by atoms with Gasteiger partial charge in [-0.3, -0.25) is 9.78 Å². The number of halogens is 1. The van der Waals surface area contributed by atoms with Crippen molar-refractivity contribution in [3.05, 3.63) is 57.4 Å². The number of methoxy groups -OCH3 is 1. The molecule has 1 fully saturated rings. The number of aromatic nitrogens is 1. The minimum absolute atomic E-state index is 0.0114. The lowest BCUT2D eigenvalue weighted by Crippen LogP contribution is -2.47. The molecular weight excluding hydrogens is 463 g/mol. The van der Waals surface area contributed by atoms with E-state index in [1.807, 2.05) is 24.3 Å². The molecule has 2 heterocycles. The summed E-state index contributed by atoms with van der Waals surface area (Å²) in [5.74, 6) is -0.0404. The van der Waals surface area contributed by atoms with Crippen LogP contribution in [0.1, 0.15) is 20.7 Å². The van der Waals surface area contributed by atoms with Crippen LogP contribution in [0.3, 0.4) is 0 Å². The zero-order valence-corrected chi connectivity index (χ0v) is 16.9. The number of benzene rings is 1. The highest BCUT2D eigenvalue weighted by Crippen LogP contribution is 2.18. The molecule has 1 aliphatic rings. The Kier molecular flexibility index (Phi) is 6.62. The molecule has 142 valence electrons. The molecule has 2 aromatic rings. The maximum atomic E-state index is 12.8. The van der Waals surface area contributed by atoms with Gasteiger partial charge in [-0.05, 0) is 40.8 Å². The van der Waals surface area contributed by atoms with Gasteiger partial charge in [-0.15, -0.1) is 0 Å². The monoisotopic (exact) mass is 482 g/mol. The van der Waals surface area contributed by atoms with Gasteiger partial charge in [0.05, 0.1) is 37.6 Å². The van der Waals surface area contributed by atoms with E-state index >= 15 is 0 Å². The number of hydrogen-bond acceptors (Lipinski definition) is 6. The van der Waals surface area contributed by atoms with Gasteiger partial charge in [0.15, 0.2) is 0 Å². The Bertz CT molecular complexity index is 829. The third-order valence-electron chi connectivity index (χ3n) is 4.10. The highest BCUT2D eigenvalue weighted by Gasteiger charge is 2.26. The van der Waals surface area contributed by atoms with Crippen LogP contribution in [-0.4, -0.2) is 61.3 Å². The van der Waals surface area contributed by atoms with Crippen LogP contribution in [0.25, 0.3) is 0 Å². The molecule has 1 unspecified atom stereocenters. The molecule has 0 N–H and O–H groups in total. The van der Waals surface area contributed by atoms with Crippen LogP contribution in [0.2, 0.25) is 0 Å². The molecule has 1 aliphatic heterocycles. The van der Waals surface area contributed by atoms with E-state index in [9.17, 15) is 9.59 Å². The Morgan fingerprint density at radius 1 is 1.33 bits per heavy atom. The van der Waals surface area contributed by atoms with Crippen LogP contribution in [0, 0.1) is 3.57 Å². The summed E-state index contributed by atoms with van der Waals surface area (Å²) in [6.07, 6.45) is 2.67. The maximum absolute atomic E-state index is 12.8. The van der Waals surface area contributed by atoms with E-state index in [4.69, 9.17) is 9.47 Å². The zero-order chi connectivity index (χ0) is 19.2. The summed E-state index contributed by atoms with van der Waals surface area (Å²) < 4.78 is 17.0. The van der Waals surface area contributed by atoms with Crippen molar-refractivity contribution in [2.45, 2.75) is 6.10 Å². The van der Waals surface area contributed by atoms with Crippen LogP contribution in [0.4, 0.5) is 0 Å². The standard InChI is InChI=1S/C19H19IN2O5/c1-25-19(24)13-8-14(10-21-9-13)27-12-15-11-22(6-7-26-15)18(23)16-4-2-3-5-17(16)20/h2-5,8-10,15H,6-7,11-12H2,1H3. The first-order valence-electron chi connectivity index (χ1n) is 8.40. The average Bonchev–Trinajstić information content (AvgIpc) is 2.72. The zero-order valence-electron chi connectivity index (χ0n) is 14.8. The second-order valence-electron chi connectivity index (χ2n) is 5.94. The summed E-state index contributed by atoms with van der Waals surface area (Å²) >= 11 is 2.16. The second-order valence-corrected chi connectivity index (χ2v) is 7.10. The number of ether oxygens (including phenoxy) is 3. The van der Waals surface area contributed by atoms with Crippen LogP contribution in [-0.2, 0) is 9.47 Å². The van der Waals surface area contributed by atoms with Gasteiger partial charge in [-0.2, -0.15) is 0 Å². The Hall–Kier alpha value is -2.20. The fourth-order valence-corrected chi connectivity index (χ4v) is 3.34. The molecule has 0 spiro atoms. The Balaban J connectivity index is 1.60. The van der Waals surface area contributed by atoms with Crippen molar-refractivity contribution >= 4 is 34.5 Å². The van der Waals surface area contributed by atoms with E-state index in [2.05, 4.69) is 32.3 Å². The summed E-state index contributed by atoms with van der Waals surface area (Å²) in [5, 5.41) is 0. The van der Waals surface area contributed by atoms with E-state index in [1.54, 1.807) is 11.0 Å². The molecule has 0 aliphatic carbocycles. The topological polar surface area (TPSA) is 78.0 Å². The molecule has 0 saturated carbocycles. The Morgan fingerprint density at radius 2 is 2.15 bits per heavy atom. The van der Waals surface area contributed by atoms with E-state index in [-0.39, 0.29) is 18.6 Å². The molecule has 27 heavy (non-hydrogen) atoms. The smallest absolute Gasteiger partial charge is 0.339 e. The van der Waals surface area contributed by atoms with Crippen molar-refractivity contribution in [3.8, 4) is 5.75 Å². The van der Waals surface area contributed by atoms with Gasteiger partial charge in [0.1, 0.15) is 18.5 Å². The third kappa shape index (κ3) is 4.95. The lowest BCUT2D eigenvalue weighted by molar-refractivity contribution is -0.0402. The second kappa shape index (κ2) is 9.14. The van der Waals surface area contributed by atoms with Gasteiger partial charge >= 0.3 is 5.97 Å². The van der Waals surface area contributed by atoms with Crippen molar-refractivity contribution in [1.82, 2.24) is 9.88 Å². The number of esters is 1. The number of pyridine rings is 1. The number of carbonyl (C=O) groups is 2. The van der Waals surface area contributed by atoms with Crippen LogP contribution < -0.4 is 4.74 Å². The first kappa shape index (κ1) is 19.6. The molecule has 8 heteroatoms. The molecule has 0 radical (unpaired) electrons. The minimum Gasteiger partial charge on any atom is -0.489 e. The summed E-state index contributed by atoms with van der Waals surface area (Å²) in [7, 11) is 1.31. The highest BCUT2D eigenvalue weighted by atomic mass is 127. The predicted molar refractivity (Wildman–Crippen MR) is 106 cm³/mol. The molecule has 3 rings (SSSR count). The summed E-state index contributed by atoms with van der Waals surface area (Å²) in [5.41, 5.74) is 1.00. The van der Waals surface area contributed by atoms with Gasteiger partial charge in [-0.1, -0.05) is 12.1 Å². The fourth-order valence-electron chi connectivity index (χ4n) is 2.73. The van der Waals surface area contributed by atoms with Crippen LogP contribution in [0.5, 0.6) is 5.75 Å². The molecule has 1 aromatic heterocycles. The fraction of sp³-hybridized carbons (Fsp3) is 0.316. The number of amides is 1. The summed E-state index contributed by atoms with van der Waals surface area (Å²) in [6, 6.07) is 9.07. The van der Waals surface area contributed by atoms with Gasteiger partial charge < -0.3 is 19.1 Å². The largest absolute Gasteiger partial charge is 0.489 e. The minimum atomic E-state index is -0.476. The van der Waals surface area contributed by atoms with Crippen molar-refractivity contribution in [1.29, 1.82) is 0 Å². The number of morpholine rings is 1. The highest BCUT2D eigenvalue weighted by molar-refractivity contribution is 14.1. The van der Waals surface area contributed by atoms with Gasteiger partial charge in [0.25, 0.3) is 5.91 Å². The molecule has 0 bridgehead atoms. The van der Waals surface area contributed by atoms with E-state index in [0.29, 0.717) is 36.6 Å². The van der Waals surface area contributed by atoms with Gasteiger partial charge in [-0.25, -0.2) is 4.79 Å². The average molecular weight is 482 g/mol. The number of rotatable bonds is 5. The Labute approximate surface area is 170 Å². The molecule has 1 aromatic carbocycles. The number of nitrogens with zero attached hydrogens (tertiary/aromatic N) is 2. The van der Waals surface area contributed by atoms with E-state index in [0.717, 1.165) is 3.57 Å². The predicted octanol–water partition coefficient (Wildman–Crippen LogP) is 2.39. The Morgan fingerprint density at radius 3 is 2.93 bits per heavy atom. The van der Waals surface area contributed by atoms with Crippen molar-refractivity contribution in [3.63, 3.8) is 0 Å². The molecule has 7 nitrogen and oxygen atoms in total. The van der Waals surface area contributed by atoms with Gasteiger partial charge in [0.2, 0.25) is 0 Å². The first-order chi connectivity index (χ1) is 13.1. The SMILES string of the molecule is COC(=O)c1cncc(OCC2CN(C(=O)c3ccccc3I)CCO2)c1. The van der Waals surface area contributed by atoms with Crippen LogP contribution >= 0.6 is 22.6 Å². The lowest BCUT2D eigenvalue weighted by atomic mass is 10.1. The first-order valence-corrected chi connectivity index (χ1v) is 9.48. The number of hydrogen-bond donors (Lipinski definition) is 0. The molecule has 1 saturated heterocycles. The maximum Gasteiger partial charge on any atom is 0.339 e. The van der Waals surface area contributed by atoms with E-state index < -0.39 is 5.97 Å². The van der Waals surface area contributed by atoms with Crippen molar-refractivity contribution < 1.29 is 23.8 Å². The summed E-state index contributed by atoms with van der Waals surface area (Å²) in [6.45, 7) is 1.68. The van der Waals surface area contributed by atoms with Gasteiger partial charge in [0, 0.05) is 16.3 Å². The summed E-state index contributed by atoms with van der Waals surface area (Å²) in [4.78, 5) is 30.1. The van der Waals surface area contributed by atoms with Crippen LogP contribution in [0.15, 0.2) is 42.7 Å². The molecular formula is C19H19IN2O5. The van der Waals surface area contributed by atoms with E-state index in [1.165, 1.54) is 19.5 Å². The molecule has 1 amide bonds. The van der Waals surface area contributed by atoms with Crippen molar-refractivity contribution in [2.75, 3.05) is 33.4 Å². The quantitative estimate of drug-likeness (QED) is 0.482.